The zero-order valence-electron chi connectivity index (χ0n) is 4.38. The Morgan fingerprint density at radius 1 is 1.75 bits per heavy atom. The highest BCUT2D eigenvalue weighted by Crippen LogP contribution is 1.81. The predicted molar refractivity (Wildman–Crippen MR) is 27.4 cm³/mol. The molecule has 46 valence electrons. The quantitative estimate of drug-likeness (QED) is 0.343. The first-order valence-corrected chi connectivity index (χ1v) is 1.97. The van der Waals surface area contributed by atoms with Crippen molar-refractivity contribution in [3.8, 4) is 0 Å². The van der Waals surface area contributed by atoms with E-state index < -0.39 is 5.97 Å². The van der Waals surface area contributed by atoms with E-state index in [1.54, 1.807) is 0 Å². The van der Waals surface area contributed by atoms with Gasteiger partial charge in [0.25, 0.3) is 0 Å². The maximum atomic E-state index is 9.87. The van der Waals surface area contributed by atoms with E-state index in [1.165, 1.54) is 7.05 Å². The van der Waals surface area contributed by atoms with Gasteiger partial charge in [-0.3, -0.25) is 0 Å². The molecule has 0 aliphatic carbocycles. The number of carboxylic acid groups (broad SMARTS) is 1. The monoisotopic (exact) mass is 117 g/mol. The SMILES string of the molecule is CN/C(=C\O)C(=O)O. The van der Waals surface area contributed by atoms with Crippen LogP contribution in [0, 0.1) is 0 Å². The molecule has 0 rings (SSSR count). The van der Waals surface area contributed by atoms with E-state index in [9.17, 15) is 4.79 Å². The minimum absolute atomic E-state index is 0.218. The molecule has 4 heteroatoms. The van der Waals surface area contributed by atoms with Crippen LogP contribution in [-0.2, 0) is 4.79 Å². The highest BCUT2D eigenvalue weighted by atomic mass is 16.4. The number of aliphatic hydroxyl groups is 1. The van der Waals surface area contributed by atoms with Crippen LogP contribution >= 0.6 is 0 Å². The number of hydrogen-bond donors (Lipinski definition) is 3. The summed E-state index contributed by atoms with van der Waals surface area (Å²) in [7, 11) is 1.41. The fourth-order valence-electron chi connectivity index (χ4n) is 0.227. The smallest absolute Gasteiger partial charge is 0.355 e. The molecule has 0 aliphatic rings. The molecule has 0 bridgehead atoms. The third kappa shape index (κ3) is 1.51. The van der Waals surface area contributed by atoms with Crippen LogP contribution in [-0.4, -0.2) is 23.2 Å². The summed E-state index contributed by atoms with van der Waals surface area (Å²) in [6.07, 6.45) is 0.502. The van der Waals surface area contributed by atoms with Crippen LogP contribution in [0.25, 0.3) is 0 Å². The second-order valence-electron chi connectivity index (χ2n) is 1.10. The van der Waals surface area contributed by atoms with Gasteiger partial charge in [-0.1, -0.05) is 0 Å². The lowest BCUT2D eigenvalue weighted by Crippen LogP contribution is -2.14. The van der Waals surface area contributed by atoms with Crippen LogP contribution in [0.4, 0.5) is 0 Å². The van der Waals surface area contributed by atoms with Crippen molar-refractivity contribution in [3.63, 3.8) is 0 Å². The molecule has 3 N–H and O–H groups in total. The van der Waals surface area contributed by atoms with Crippen molar-refractivity contribution in [1.82, 2.24) is 5.32 Å². The molecule has 0 unspecified atom stereocenters. The molecule has 0 spiro atoms. The Bertz CT molecular complexity index is 118. The standard InChI is InChI=1S/C4H7NO3/c1-5-3(2-6)4(7)8/h2,5-6H,1H3,(H,7,8)/b3-2-. The van der Waals surface area contributed by atoms with Crippen LogP contribution in [0.3, 0.4) is 0 Å². The van der Waals surface area contributed by atoms with E-state index in [2.05, 4.69) is 5.32 Å². The molecule has 0 radical (unpaired) electrons. The third-order valence-corrected chi connectivity index (χ3v) is 0.629. The molecular weight excluding hydrogens is 110 g/mol. The van der Waals surface area contributed by atoms with Gasteiger partial charge in [0, 0.05) is 7.05 Å². The van der Waals surface area contributed by atoms with E-state index >= 15 is 0 Å². The van der Waals surface area contributed by atoms with Crippen molar-refractivity contribution in [2.75, 3.05) is 7.05 Å². The van der Waals surface area contributed by atoms with Gasteiger partial charge >= 0.3 is 5.97 Å². The van der Waals surface area contributed by atoms with Gasteiger partial charge in [0.05, 0.1) is 0 Å². The first-order chi connectivity index (χ1) is 3.72. The van der Waals surface area contributed by atoms with Gasteiger partial charge < -0.3 is 15.5 Å². The molecule has 0 aromatic rings. The lowest BCUT2D eigenvalue weighted by molar-refractivity contribution is -0.133. The first-order valence-electron chi connectivity index (χ1n) is 1.97. The van der Waals surface area contributed by atoms with Crippen LogP contribution in [0.15, 0.2) is 12.0 Å². The molecule has 0 saturated carbocycles. The van der Waals surface area contributed by atoms with E-state index in [0.717, 1.165) is 0 Å². The van der Waals surface area contributed by atoms with E-state index in [4.69, 9.17) is 10.2 Å². The summed E-state index contributed by atoms with van der Waals surface area (Å²) in [5.74, 6) is -1.17. The molecule has 0 atom stereocenters. The van der Waals surface area contributed by atoms with E-state index in [1.807, 2.05) is 0 Å². The summed E-state index contributed by atoms with van der Waals surface area (Å²) in [5.41, 5.74) is -0.218. The van der Waals surface area contributed by atoms with Gasteiger partial charge in [-0.05, 0) is 0 Å². The van der Waals surface area contributed by atoms with Gasteiger partial charge in [0.15, 0.2) is 5.70 Å². The second-order valence-corrected chi connectivity index (χ2v) is 1.10. The summed E-state index contributed by atoms with van der Waals surface area (Å²) in [6.45, 7) is 0. The summed E-state index contributed by atoms with van der Waals surface area (Å²) >= 11 is 0. The lowest BCUT2D eigenvalue weighted by Gasteiger charge is -1.94. The third-order valence-electron chi connectivity index (χ3n) is 0.629. The number of likely N-dealkylation sites (N-methyl/N-ethyl adjacent to an activating group) is 1. The van der Waals surface area contributed by atoms with Crippen molar-refractivity contribution in [1.29, 1.82) is 0 Å². The highest BCUT2D eigenvalue weighted by molar-refractivity contribution is 5.85. The molecule has 0 aromatic carbocycles. The summed E-state index contributed by atoms with van der Waals surface area (Å²) < 4.78 is 0. The molecule has 0 amide bonds. The van der Waals surface area contributed by atoms with Crippen LogP contribution in [0.1, 0.15) is 0 Å². The fraction of sp³-hybridized carbons (Fsp3) is 0.250. The van der Waals surface area contributed by atoms with Crippen molar-refractivity contribution in [2.24, 2.45) is 0 Å². The molecule has 4 nitrogen and oxygen atoms in total. The minimum atomic E-state index is -1.17. The Hall–Kier alpha value is -1.19. The summed E-state index contributed by atoms with van der Waals surface area (Å²) in [4.78, 5) is 9.87. The largest absolute Gasteiger partial charge is 0.513 e. The number of carbonyl (C=O) groups is 1. The van der Waals surface area contributed by atoms with Crippen LogP contribution in [0.2, 0.25) is 0 Å². The first kappa shape index (κ1) is 6.81. The highest BCUT2D eigenvalue weighted by Gasteiger charge is 2.00. The van der Waals surface area contributed by atoms with E-state index in [0.29, 0.717) is 6.26 Å². The number of aliphatic hydroxyl groups excluding tert-OH is 1. The predicted octanol–water partition coefficient (Wildman–Crippen LogP) is -0.310. The number of hydrogen-bond acceptors (Lipinski definition) is 3. The average Bonchev–Trinajstić information content (AvgIpc) is 1.69. The van der Waals surface area contributed by atoms with Gasteiger partial charge in [-0.2, -0.15) is 0 Å². The summed E-state index contributed by atoms with van der Waals surface area (Å²) in [5, 5.41) is 18.4. The van der Waals surface area contributed by atoms with Crippen molar-refractivity contribution in [3.05, 3.63) is 12.0 Å². The van der Waals surface area contributed by atoms with Crippen LogP contribution in [0.5, 0.6) is 0 Å². The Labute approximate surface area is 46.4 Å². The average molecular weight is 117 g/mol. The molecule has 0 aromatic heterocycles. The second kappa shape index (κ2) is 2.90. The van der Waals surface area contributed by atoms with Gasteiger partial charge in [-0.15, -0.1) is 0 Å². The van der Waals surface area contributed by atoms with E-state index in [-0.39, 0.29) is 5.70 Å². The number of aliphatic carboxylic acids is 1. The molecule has 0 heterocycles. The van der Waals surface area contributed by atoms with Gasteiger partial charge in [-0.25, -0.2) is 4.79 Å². The maximum absolute atomic E-state index is 9.87. The molecular formula is C4H7NO3. The Morgan fingerprint density at radius 2 is 2.25 bits per heavy atom. The lowest BCUT2D eigenvalue weighted by atomic mass is 10.5. The Balaban J connectivity index is 3.92. The molecule has 0 saturated heterocycles. The topological polar surface area (TPSA) is 69.6 Å². The fourth-order valence-corrected chi connectivity index (χ4v) is 0.227. The van der Waals surface area contributed by atoms with Gasteiger partial charge in [0.2, 0.25) is 0 Å². The molecule has 0 fully saturated rings. The maximum Gasteiger partial charge on any atom is 0.355 e. The van der Waals surface area contributed by atoms with Gasteiger partial charge in [0.1, 0.15) is 6.26 Å². The van der Waals surface area contributed by atoms with Crippen molar-refractivity contribution in [2.45, 2.75) is 0 Å². The van der Waals surface area contributed by atoms with Crippen molar-refractivity contribution >= 4 is 5.97 Å². The Morgan fingerprint density at radius 3 is 2.25 bits per heavy atom. The Kier molecular flexibility index (Phi) is 2.47. The zero-order chi connectivity index (χ0) is 6.57. The van der Waals surface area contributed by atoms with Crippen molar-refractivity contribution < 1.29 is 15.0 Å². The zero-order valence-corrected chi connectivity index (χ0v) is 4.38. The molecule has 0 aliphatic heterocycles. The number of nitrogens with one attached hydrogen (secondary N) is 1. The number of carboxylic acids is 1. The minimum Gasteiger partial charge on any atom is -0.513 e. The summed E-state index contributed by atoms with van der Waals surface area (Å²) in [6, 6.07) is 0. The van der Waals surface area contributed by atoms with Crippen LogP contribution < -0.4 is 5.32 Å². The number of rotatable bonds is 2. The molecule has 8 heavy (non-hydrogen) atoms. The normalized spacial score (nSPS) is 10.9.